The topological polar surface area (TPSA) is 124 Å². The fraction of sp³-hybridized carbons (Fsp3) is 0.667. The molecule has 0 aliphatic heterocycles. The zero-order valence-corrected chi connectivity index (χ0v) is 22.2. The number of hydrogen-bond acceptors (Lipinski definition) is 7. The Morgan fingerprint density at radius 3 is 1.55 bits per heavy atom. The molecule has 0 amide bonds. The SMILES string of the molecule is CC(C)CC(c1ccc(OS(=O)(=O)C(F)(F)C(F)(F)C(F)(F)S(=O)(=O)NS(=O)(=O)C(F)(F)F)cc1)C(C)C. The minimum atomic E-state index is -7.85. The molecule has 0 fully saturated rings. The van der Waals surface area contributed by atoms with Crippen molar-refractivity contribution in [2.24, 2.45) is 11.8 Å². The van der Waals surface area contributed by atoms with Gasteiger partial charge in [0.05, 0.1) is 0 Å². The molecular weight excluding hydrogens is 609 g/mol. The van der Waals surface area contributed by atoms with Gasteiger partial charge in [0.25, 0.3) is 10.0 Å². The van der Waals surface area contributed by atoms with Crippen LogP contribution in [0.5, 0.6) is 5.75 Å². The Morgan fingerprint density at radius 1 is 0.737 bits per heavy atom. The summed E-state index contributed by atoms with van der Waals surface area (Å²) in [4.78, 5) is 0. The summed E-state index contributed by atoms with van der Waals surface area (Å²) in [7, 11) is -22.4. The molecule has 0 spiro atoms. The maximum Gasteiger partial charge on any atom is 0.512 e. The number of benzene rings is 1. The van der Waals surface area contributed by atoms with Crippen LogP contribution in [0.3, 0.4) is 0 Å². The molecule has 20 heteroatoms. The first-order valence-corrected chi connectivity index (χ1v) is 14.5. The van der Waals surface area contributed by atoms with E-state index in [0.29, 0.717) is 12.0 Å². The second-order valence-corrected chi connectivity index (χ2v) is 14.0. The fourth-order valence-corrected chi connectivity index (χ4v) is 6.38. The molecule has 1 atom stereocenters. The summed E-state index contributed by atoms with van der Waals surface area (Å²) in [5, 5.41) is -14.5. The number of rotatable bonds is 12. The summed E-state index contributed by atoms with van der Waals surface area (Å²) < 4.78 is 192. The molecule has 0 heterocycles. The molecule has 1 aromatic carbocycles. The van der Waals surface area contributed by atoms with Crippen molar-refractivity contribution in [2.75, 3.05) is 0 Å². The van der Waals surface area contributed by atoms with Crippen LogP contribution in [0.25, 0.3) is 0 Å². The number of nitrogens with one attached hydrogen (secondary N) is 1. The minimum absolute atomic E-state index is 0.0369. The van der Waals surface area contributed by atoms with Crippen molar-refractivity contribution in [3.05, 3.63) is 29.8 Å². The third kappa shape index (κ3) is 6.49. The molecule has 0 saturated carbocycles. The molecular formula is C18H22F9NO7S3. The van der Waals surface area contributed by atoms with Crippen LogP contribution in [-0.2, 0) is 30.2 Å². The van der Waals surface area contributed by atoms with Gasteiger partial charge in [0.15, 0.2) is 0 Å². The van der Waals surface area contributed by atoms with Crippen molar-refractivity contribution in [1.82, 2.24) is 4.13 Å². The second-order valence-electron chi connectivity index (χ2n) is 8.73. The van der Waals surface area contributed by atoms with Gasteiger partial charge in [-0.1, -0.05) is 44.0 Å². The fourth-order valence-electron chi connectivity index (χ4n) is 2.99. The van der Waals surface area contributed by atoms with E-state index in [1.807, 2.05) is 27.7 Å². The molecule has 1 N–H and O–H groups in total. The number of alkyl halides is 9. The van der Waals surface area contributed by atoms with Crippen molar-refractivity contribution >= 4 is 30.2 Å². The highest BCUT2D eigenvalue weighted by atomic mass is 32.3. The van der Waals surface area contributed by atoms with Gasteiger partial charge in [-0.05, 0) is 41.9 Å². The maximum absolute atomic E-state index is 14.2. The van der Waals surface area contributed by atoms with E-state index in [9.17, 15) is 64.8 Å². The first kappa shape index (κ1) is 34.2. The molecule has 0 aliphatic rings. The van der Waals surface area contributed by atoms with E-state index in [0.717, 1.165) is 12.1 Å². The Bertz CT molecular complexity index is 1310. The second kappa shape index (κ2) is 10.6. The minimum Gasteiger partial charge on any atom is -0.378 e. The van der Waals surface area contributed by atoms with Gasteiger partial charge >= 0.3 is 42.1 Å². The monoisotopic (exact) mass is 631 g/mol. The largest absolute Gasteiger partial charge is 0.512 e. The highest BCUT2D eigenvalue weighted by Crippen LogP contribution is 2.51. The lowest BCUT2D eigenvalue weighted by molar-refractivity contribution is -0.245. The lowest BCUT2D eigenvalue weighted by Crippen LogP contribution is -2.64. The van der Waals surface area contributed by atoms with Crippen molar-refractivity contribution in [1.29, 1.82) is 0 Å². The summed E-state index contributed by atoms with van der Waals surface area (Å²) in [6.07, 6.45) is 0.627. The maximum atomic E-state index is 14.2. The van der Waals surface area contributed by atoms with Crippen LogP contribution in [0.2, 0.25) is 0 Å². The van der Waals surface area contributed by atoms with Crippen LogP contribution < -0.4 is 8.31 Å². The normalized spacial score (nSPS) is 15.7. The first-order chi connectivity index (χ1) is 16.6. The van der Waals surface area contributed by atoms with Gasteiger partial charge < -0.3 is 4.18 Å². The molecule has 1 unspecified atom stereocenters. The van der Waals surface area contributed by atoms with Gasteiger partial charge in [0.2, 0.25) is 0 Å². The van der Waals surface area contributed by atoms with Gasteiger partial charge in [-0.3, -0.25) is 0 Å². The summed E-state index contributed by atoms with van der Waals surface area (Å²) in [6, 6.07) is 3.81. The zero-order chi connectivity index (χ0) is 30.3. The average molecular weight is 632 g/mol. The van der Waals surface area contributed by atoms with Crippen molar-refractivity contribution in [3.8, 4) is 5.75 Å². The summed E-state index contributed by atoms with van der Waals surface area (Å²) in [6.45, 7) is 7.47. The summed E-state index contributed by atoms with van der Waals surface area (Å²) in [5.41, 5.74) is -6.11. The van der Waals surface area contributed by atoms with Crippen LogP contribution in [0, 0.1) is 11.8 Å². The molecule has 222 valence electrons. The molecule has 1 aromatic rings. The Balaban J connectivity index is 3.40. The molecule has 1 rings (SSSR count). The lowest BCUT2D eigenvalue weighted by atomic mass is 9.82. The van der Waals surface area contributed by atoms with E-state index in [2.05, 4.69) is 4.18 Å². The summed E-state index contributed by atoms with van der Waals surface area (Å²) >= 11 is 0. The Morgan fingerprint density at radius 2 is 1.18 bits per heavy atom. The number of sulfonamides is 2. The quantitative estimate of drug-likeness (QED) is 0.260. The Hall–Kier alpha value is -1.80. The van der Waals surface area contributed by atoms with Crippen LogP contribution in [-0.4, -0.2) is 47.2 Å². The standard InChI is InChI=1S/C18H22F9NO7S3/c1-10(2)9-14(11(3)4)12-5-7-13(8-6-12)35-38(33,34)17(23,24)15(19,20)16(21,22)36(29,30)28-37(31,32)18(25,26)27/h5-8,10-11,14,28H,9H2,1-4H3. The van der Waals surface area contributed by atoms with E-state index in [1.54, 1.807) is 0 Å². The smallest absolute Gasteiger partial charge is 0.378 e. The van der Waals surface area contributed by atoms with Gasteiger partial charge in [0.1, 0.15) is 5.75 Å². The molecule has 0 aliphatic carbocycles. The molecule has 0 aromatic heterocycles. The third-order valence-corrected chi connectivity index (χ3v) is 9.54. The molecule has 38 heavy (non-hydrogen) atoms. The highest BCUT2D eigenvalue weighted by Gasteiger charge is 2.83. The van der Waals surface area contributed by atoms with Crippen LogP contribution >= 0.6 is 0 Å². The van der Waals surface area contributed by atoms with E-state index in [1.165, 1.54) is 12.1 Å². The van der Waals surface area contributed by atoms with Crippen molar-refractivity contribution in [2.45, 2.75) is 62.0 Å². The summed E-state index contributed by atoms with van der Waals surface area (Å²) in [5.74, 6) is -8.53. The molecule has 8 nitrogen and oxygen atoms in total. The van der Waals surface area contributed by atoms with E-state index >= 15 is 0 Å². The zero-order valence-electron chi connectivity index (χ0n) is 19.7. The predicted molar refractivity (Wildman–Crippen MR) is 115 cm³/mol. The van der Waals surface area contributed by atoms with Crippen LogP contribution in [0.4, 0.5) is 39.5 Å². The Kier molecular flexibility index (Phi) is 9.59. The predicted octanol–water partition coefficient (Wildman–Crippen LogP) is 4.77. The number of hydrogen-bond donors (Lipinski definition) is 1. The average Bonchev–Trinajstić information content (AvgIpc) is 2.70. The van der Waals surface area contributed by atoms with Gasteiger partial charge in [-0.2, -0.15) is 47.9 Å². The van der Waals surface area contributed by atoms with Crippen molar-refractivity contribution < 1.29 is 69.0 Å². The first-order valence-electron chi connectivity index (χ1n) is 10.2. The van der Waals surface area contributed by atoms with Crippen LogP contribution in [0.15, 0.2) is 24.3 Å². The Labute approximate surface area is 212 Å². The van der Waals surface area contributed by atoms with Gasteiger partial charge in [-0.15, -0.1) is 0 Å². The number of halogens is 9. The van der Waals surface area contributed by atoms with E-state index in [-0.39, 0.29) is 17.8 Å². The van der Waals surface area contributed by atoms with Gasteiger partial charge in [-0.25, -0.2) is 16.8 Å². The van der Waals surface area contributed by atoms with Gasteiger partial charge in [0, 0.05) is 0 Å². The molecule has 0 radical (unpaired) electrons. The van der Waals surface area contributed by atoms with Crippen molar-refractivity contribution in [3.63, 3.8) is 0 Å². The highest BCUT2D eigenvalue weighted by molar-refractivity contribution is 8.05. The van der Waals surface area contributed by atoms with E-state index in [4.69, 9.17) is 0 Å². The molecule has 0 saturated heterocycles. The molecule has 0 bridgehead atoms. The lowest BCUT2D eigenvalue weighted by Gasteiger charge is -2.31. The third-order valence-electron chi connectivity index (χ3n) is 4.95. The van der Waals surface area contributed by atoms with Crippen LogP contribution in [0.1, 0.15) is 45.6 Å². The van der Waals surface area contributed by atoms with E-state index < -0.39 is 62.0 Å².